The molecule has 1 aromatic rings. The third kappa shape index (κ3) is 4.08. The molecule has 1 aliphatic heterocycles. The standard InChI is InChI=1S/C17H23F2N3O2/c1-10(2)15(17(24)22-8-7-20-11(3)9-22)21-16(23)14-12(18)5-4-6-13(14)19/h4-6,10-11,15,20H,7-9H2,1-3H3,(H,21,23). The summed E-state index contributed by atoms with van der Waals surface area (Å²) in [5, 5.41) is 5.73. The molecule has 132 valence electrons. The Bertz CT molecular complexity index is 602. The molecule has 2 amide bonds. The van der Waals surface area contributed by atoms with Crippen molar-refractivity contribution in [2.24, 2.45) is 5.92 Å². The van der Waals surface area contributed by atoms with Gasteiger partial charge in [0.15, 0.2) is 0 Å². The van der Waals surface area contributed by atoms with E-state index in [1.807, 2.05) is 6.92 Å². The van der Waals surface area contributed by atoms with E-state index in [0.717, 1.165) is 12.1 Å². The van der Waals surface area contributed by atoms with E-state index in [9.17, 15) is 18.4 Å². The Hall–Kier alpha value is -2.02. The lowest BCUT2D eigenvalue weighted by Crippen LogP contribution is -2.58. The Morgan fingerprint density at radius 3 is 2.46 bits per heavy atom. The number of hydrogen-bond donors (Lipinski definition) is 2. The van der Waals surface area contributed by atoms with Crippen LogP contribution in [0.5, 0.6) is 0 Å². The lowest BCUT2D eigenvalue weighted by Gasteiger charge is -2.35. The van der Waals surface area contributed by atoms with Gasteiger partial charge in [0.05, 0.1) is 0 Å². The number of amides is 2. The summed E-state index contributed by atoms with van der Waals surface area (Å²) in [4.78, 5) is 26.7. The second kappa shape index (κ2) is 7.70. The molecule has 0 aliphatic carbocycles. The van der Waals surface area contributed by atoms with E-state index in [0.29, 0.717) is 19.6 Å². The zero-order valence-corrected chi connectivity index (χ0v) is 14.1. The molecule has 5 nitrogen and oxygen atoms in total. The van der Waals surface area contributed by atoms with Crippen LogP contribution in [-0.4, -0.2) is 48.4 Å². The maximum absolute atomic E-state index is 13.8. The molecule has 7 heteroatoms. The summed E-state index contributed by atoms with van der Waals surface area (Å²) >= 11 is 0. The molecule has 0 saturated carbocycles. The van der Waals surface area contributed by atoms with Gasteiger partial charge in [0, 0.05) is 25.7 Å². The van der Waals surface area contributed by atoms with E-state index < -0.39 is 29.1 Å². The van der Waals surface area contributed by atoms with Gasteiger partial charge in [0.25, 0.3) is 5.91 Å². The summed E-state index contributed by atoms with van der Waals surface area (Å²) in [5.74, 6) is -3.25. The minimum absolute atomic E-state index is 0.162. The molecule has 1 aliphatic rings. The number of carbonyl (C=O) groups excluding carboxylic acids is 2. The number of piperazine rings is 1. The molecule has 2 rings (SSSR count). The second-order valence-electron chi connectivity index (χ2n) is 6.43. The third-order valence-corrected chi connectivity index (χ3v) is 4.09. The number of halogens is 2. The predicted molar refractivity (Wildman–Crippen MR) is 86.5 cm³/mol. The van der Waals surface area contributed by atoms with Gasteiger partial charge in [-0.15, -0.1) is 0 Å². The van der Waals surface area contributed by atoms with Crippen LogP contribution in [0, 0.1) is 17.6 Å². The Kier molecular flexibility index (Phi) is 5.88. The van der Waals surface area contributed by atoms with E-state index in [-0.39, 0.29) is 17.9 Å². The van der Waals surface area contributed by atoms with Crippen molar-refractivity contribution in [3.8, 4) is 0 Å². The van der Waals surface area contributed by atoms with Crippen LogP contribution >= 0.6 is 0 Å². The van der Waals surface area contributed by atoms with Gasteiger partial charge in [-0.3, -0.25) is 9.59 Å². The smallest absolute Gasteiger partial charge is 0.257 e. The highest BCUT2D eigenvalue weighted by molar-refractivity contribution is 5.98. The molecule has 1 saturated heterocycles. The number of rotatable bonds is 4. The van der Waals surface area contributed by atoms with Gasteiger partial charge in [0.2, 0.25) is 5.91 Å². The van der Waals surface area contributed by atoms with Crippen LogP contribution in [0.15, 0.2) is 18.2 Å². The Balaban J connectivity index is 2.16. The van der Waals surface area contributed by atoms with Crippen molar-refractivity contribution in [1.82, 2.24) is 15.5 Å². The Morgan fingerprint density at radius 1 is 1.29 bits per heavy atom. The normalized spacial score (nSPS) is 19.2. The zero-order valence-electron chi connectivity index (χ0n) is 14.1. The highest BCUT2D eigenvalue weighted by Gasteiger charge is 2.32. The summed E-state index contributed by atoms with van der Waals surface area (Å²) in [6, 6.07) is 2.55. The number of benzene rings is 1. The second-order valence-corrected chi connectivity index (χ2v) is 6.43. The molecule has 2 unspecified atom stereocenters. The zero-order chi connectivity index (χ0) is 17.9. The van der Waals surface area contributed by atoms with Gasteiger partial charge in [-0.05, 0) is 25.0 Å². The highest BCUT2D eigenvalue weighted by Crippen LogP contribution is 2.14. The lowest BCUT2D eigenvalue weighted by atomic mass is 10.0. The third-order valence-electron chi connectivity index (χ3n) is 4.09. The lowest BCUT2D eigenvalue weighted by molar-refractivity contribution is -0.135. The van der Waals surface area contributed by atoms with Crippen LogP contribution in [0.1, 0.15) is 31.1 Å². The van der Waals surface area contributed by atoms with Gasteiger partial charge < -0.3 is 15.5 Å². The first-order valence-electron chi connectivity index (χ1n) is 8.08. The van der Waals surface area contributed by atoms with Crippen LogP contribution in [-0.2, 0) is 4.79 Å². The summed E-state index contributed by atoms with van der Waals surface area (Å²) in [6.07, 6.45) is 0. The fourth-order valence-corrected chi connectivity index (χ4v) is 2.77. The Labute approximate surface area is 140 Å². The first-order valence-corrected chi connectivity index (χ1v) is 8.08. The minimum atomic E-state index is -0.946. The molecule has 0 bridgehead atoms. The van der Waals surface area contributed by atoms with Crippen LogP contribution in [0.4, 0.5) is 8.78 Å². The SMILES string of the molecule is CC1CN(C(=O)C(NC(=O)c2c(F)cccc2F)C(C)C)CCN1. The van der Waals surface area contributed by atoms with Crippen molar-refractivity contribution in [3.63, 3.8) is 0 Å². The highest BCUT2D eigenvalue weighted by atomic mass is 19.1. The van der Waals surface area contributed by atoms with Crippen molar-refractivity contribution >= 4 is 11.8 Å². The molecule has 0 spiro atoms. The van der Waals surface area contributed by atoms with Crippen molar-refractivity contribution in [3.05, 3.63) is 35.4 Å². The summed E-state index contributed by atoms with van der Waals surface area (Å²) in [6.45, 7) is 7.28. The van der Waals surface area contributed by atoms with E-state index in [1.54, 1.807) is 18.7 Å². The monoisotopic (exact) mass is 339 g/mol. The molecule has 2 atom stereocenters. The van der Waals surface area contributed by atoms with Gasteiger partial charge in [-0.1, -0.05) is 19.9 Å². The summed E-state index contributed by atoms with van der Waals surface area (Å²) in [7, 11) is 0. The van der Waals surface area contributed by atoms with Gasteiger partial charge in [0.1, 0.15) is 23.2 Å². The molecule has 2 N–H and O–H groups in total. The fourth-order valence-electron chi connectivity index (χ4n) is 2.77. The topological polar surface area (TPSA) is 61.4 Å². The minimum Gasteiger partial charge on any atom is -0.340 e. The van der Waals surface area contributed by atoms with Gasteiger partial charge in [-0.25, -0.2) is 8.78 Å². The molecule has 24 heavy (non-hydrogen) atoms. The fraction of sp³-hybridized carbons (Fsp3) is 0.529. The van der Waals surface area contributed by atoms with Crippen LogP contribution in [0.25, 0.3) is 0 Å². The number of nitrogens with one attached hydrogen (secondary N) is 2. The van der Waals surface area contributed by atoms with Crippen LogP contribution < -0.4 is 10.6 Å². The maximum Gasteiger partial charge on any atom is 0.257 e. The number of nitrogens with zero attached hydrogens (tertiary/aromatic N) is 1. The van der Waals surface area contributed by atoms with E-state index in [2.05, 4.69) is 10.6 Å². The number of carbonyl (C=O) groups is 2. The van der Waals surface area contributed by atoms with Crippen molar-refractivity contribution in [2.45, 2.75) is 32.9 Å². The van der Waals surface area contributed by atoms with Crippen molar-refractivity contribution < 1.29 is 18.4 Å². The van der Waals surface area contributed by atoms with Gasteiger partial charge >= 0.3 is 0 Å². The molecule has 0 aromatic heterocycles. The Morgan fingerprint density at radius 2 is 1.92 bits per heavy atom. The summed E-state index contributed by atoms with van der Waals surface area (Å²) in [5.41, 5.74) is -0.662. The first-order chi connectivity index (χ1) is 11.3. The average molecular weight is 339 g/mol. The first kappa shape index (κ1) is 18.3. The van der Waals surface area contributed by atoms with E-state index in [1.165, 1.54) is 6.07 Å². The van der Waals surface area contributed by atoms with E-state index >= 15 is 0 Å². The largest absolute Gasteiger partial charge is 0.340 e. The quantitative estimate of drug-likeness (QED) is 0.875. The molecule has 1 fully saturated rings. The molecule has 0 radical (unpaired) electrons. The predicted octanol–water partition coefficient (Wildman–Crippen LogP) is 1.54. The van der Waals surface area contributed by atoms with Crippen LogP contribution in [0.3, 0.4) is 0 Å². The summed E-state index contributed by atoms with van der Waals surface area (Å²) < 4.78 is 27.5. The number of hydrogen-bond acceptors (Lipinski definition) is 3. The molecule has 1 heterocycles. The average Bonchev–Trinajstić information content (AvgIpc) is 2.51. The van der Waals surface area contributed by atoms with Crippen molar-refractivity contribution in [1.29, 1.82) is 0 Å². The van der Waals surface area contributed by atoms with E-state index in [4.69, 9.17) is 0 Å². The molecule has 1 aromatic carbocycles. The molecular weight excluding hydrogens is 316 g/mol. The molecular formula is C17H23F2N3O2. The van der Waals surface area contributed by atoms with Crippen LogP contribution in [0.2, 0.25) is 0 Å². The van der Waals surface area contributed by atoms with Gasteiger partial charge in [-0.2, -0.15) is 0 Å². The maximum atomic E-state index is 13.8. The van der Waals surface area contributed by atoms with Crippen molar-refractivity contribution in [2.75, 3.05) is 19.6 Å².